The van der Waals surface area contributed by atoms with Crippen molar-refractivity contribution in [2.24, 2.45) is 10.9 Å². The van der Waals surface area contributed by atoms with E-state index in [1.54, 1.807) is 6.21 Å². The number of hydrogen-bond acceptors (Lipinski definition) is 3. The Kier molecular flexibility index (Phi) is 8.13. The van der Waals surface area contributed by atoms with E-state index < -0.39 is 12.0 Å². The third-order valence-corrected chi connectivity index (χ3v) is 2.61. The van der Waals surface area contributed by atoms with Crippen LogP contribution in [0.2, 0.25) is 0 Å². The maximum atomic E-state index is 10.9. The Morgan fingerprint density at radius 3 is 2.47 bits per heavy atom. The van der Waals surface area contributed by atoms with Gasteiger partial charge in [0.15, 0.2) is 0 Å². The number of carboxylic acids is 1. The topological polar surface area (TPSA) is 52.5 Å². The molecule has 17 heavy (non-hydrogen) atoms. The van der Waals surface area contributed by atoms with E-state index >= 15 is 0 Å². The number of carbonyl (C=O) groups excluding carboxylic acids is 1. The summed E-state index contributed by atoms with van der Waals surface area (Å²) in [6.45, 7) is 3.81. The molecule has 86 valence electrons. The average Bonchev–Trinajstić information content (AvgIpc) is 2.30. The van der Waals surface area contributed by atoms with Crippen LogP contribution in [-0.4, -0.2) is 18.2 Å². The summed E-state index contributed by atoms with van der Waals surface area (Å²) in [4.78, 5) is 15.0. The molecular formula is C13H16NNaO2. The van der Waals surface area contributed by atoms with E-state index in [4.69, 9.17) is 0 Å². The van der Waals surface area contributed by atoms with Crippen molar-refractivity contribution in [1.82, 2.24) is 0 Å². The second-order valence-electron chi connectivity index (χ2n) is 3.84. The normalized spacial score (nSPS) is 14.0. The fourth-order valence-corrected chi connectivity index (χ4v) is 1.37. The molecule has 1 aromatic rings. The molecule has 0 aromatic heterocycles. The third kappa shape index (κ3) is 5.48. The van der Waals surface area contributed by atoms with Crippen molar-refractivity contribution in [3.8, 4) is 0 Å². The summed E-state index contributed by atoms with van der Waals surface area (Å²) in [6, 6.07) is 8.68. The first-order valence-corrected chi connectivity index (χ1v) is 5.44. The van der Waals surface area contributed by atoms with Crippen LogP contribution in [0, 0.1) is 5.92 Å². The number of aliphatic imine (C=N–C) groups is 1. The van der Waals surface area contributed by atoms with Gasteiger partial charge >= 0.3 is 29.6 Å². The van der Waals surface area contributed by atoms with E-state index in [2.05, 4.69) is 4.99 Å². The van der Waals surface area contributed by atoms with Gasteiger partial charge in [0.25, 0.3) is 0 Å². The molecule has 1 unspecified atom stereocenters. The van der Waals surface area contributed by atoms with E-state index in [-0.39, 0.29) is 35.5 Å². The van der Waals surface area contributed by atoms with Crippen LogP contribution in [0.5, 0.6) is 0 Å². The second kappa shape index (κ2) is 8.45. The third-order valence-electron chi connectivity index (χ3n) is 2.61. The maximum Gasteiger partial charge on any atom is 1.00 e. The second-order valence-corrected chi connectivity index (χ2v) is 3.84. The molecule has 0 N–H and O–H groups in total. The molecule has 2 atom stereocenters. The van der Waals surface area contributed by atoms with E-state index in [0.29, 0.717) is 0 Å². The van der Waals surface area contributed by atoms with Gasteiger partial charge in [-0.1, -0.05) is 50.6 Å². The summed E-state index contributed by atoms with van der Waals surface area (Å²) >= 11 is 0. The Hall–Kier alpha value is -0.640. The molecule has 0 aliphatic carbocycles. The van der Waals surface area contributed by atoms with Gasteiger partial charge in [0.2, 0.25) is 0 Å². The molecule has 1 aromatic carbocycles. The quantitative estimate of drug-likeness (QED) is 0.454. The standard InChI is InChI=1S/C13H17NO2.Na/c1-3-10(2)12(13(15)16)14-9-11-7-5-4-6-8-11;/h4-10,12H,3H2,1-2H3,(H,15,16);/q;+1/p-1/t10?,12-;/m0./s1. The average molecular weight is 241 g/mol. The molecule has 0 bridgehead atoms. The minimum Gasteiger partial charge on any atom is -0.548 e. The predicted octanol–water partition coefficient (Wildman–Crippen LogP) is -1.73. The summed E-state index contributed by atoms with van der Waals surface area (Å²) in [7, 11) is 0. The van der Waals surface area contributed by atoms with Crippen LogP contribution in [0.1, 0.15) is 25.8 Å². The zero-order valence-electron chi connectivity index (χ0n) is 10.6. The summed E-state index contributed by atoms with van der Waals surface area (Å²) < 4.78 is 0. The van der Waals surface area contributed by atoms with E-state index in [9.17, 15) is 9.90 Å². The minimum absolute atomic E-state index is 0. The van der Waals surface area contributed by atoms with Crippen LogP contribution in [0.15, 0.2) is 35.3 Å². The van der Waals surface area contributed by atoms with Crippen LogP contribution in [0.25, 0.3) is 0 Å². The van der Waals surface area contributed by atoms with Gasteiger partial charge in [0.05, 0.1) is 12.0 Å². The maximum absolute atomic E-state index is 10.9. The molecule has 0 aliphatic rings. The number of benzene rings is 1. The Morgan fingerprint density at radius 2 is 2.00 bits per heavy atom. The van der Waals surface area contributed by atoms with E-state index in [1.807, 2.05) is 44.2 Å². The fraction of sp³-hybridized carbons (Fsp3) is 0.385. The Balaban J connectivity index is 0.00000256. The molecule has 1 rings (SSSR count). The predicted molar refractivity (Wildman–Crippen MR) is 62.3 cm³/mol. The van der Waals surface area contributed by atoms with Crippen LogP contribution in [-0.2, 0) is 4.79 Å². The van der Waals surface area contributed by atoms with Crippen molar-refractivity contribution in [3.63, 3.8) is 0 Å². The van der Waals surface area contributed by atoms with Gasteiger partial charge in [-0.2, -0.15) is 0 Å². The molecule has 3 nitrogen and oxygen atoms in total. The Morgan fingerprint density at radius 1 is 1.41 bits per heavy atom. The van der Waals surface area contributed by atoms with E-state index in [1.165, 1.54) is 0 Å². The summed E-state index contributed by atoms with van der Waals surface area (Å²) in [6.07, 6.45) is 2.36. The molecule has 0 fully saturated rings. The van der Waals surface area contributed by atoms with E-state index in [0.717, 1.165) is 12.0 Å². The molecule has 0 saturated carbocycles. The van der Waals surface area contributed by atoms with Crippen molar-refractivity contribution in [1.29, 1.82) is 0 Å². The molecule has 0 aliphatic heterocycles. The summed E-state index contributed by atoms with van der Waals surface area (Å²) in [5.41, 5.74) is 0.900. The smallest absolute Gasteiger partial charge is 0.548 e. The molecule has 0 amide bonds. The fourth-order valence-electron chi connectivity index (χ4n) is 1.37. The molecule has 4 heteroatoms. The number of nitrogens with zero attached hydrogens (tertiary/aromatic N) is 1. The van der Waals surface area contributed by atoms with Crippen molar-refractivity contribution < 1.29 is 39.5 Å². The van der Waals surface area contributed by atoms with Crippen LogP contribution in [0.4, 0.5) is 0 Å². The van der Waals surface area contributed by atoms with Crippen LogP contribution >= 0.6 is 0 Å². The zero-order chi connectivity index (χ0) is 12.0. The van der Waals surface area contributed by atoms with Gasteiger partial charge in [-0.05, 0) is 11.5 Å². The van der Waals surface area contributed by atoms with Gasteiger partial charge < -0.3 is 9.90 Å². The first kappa shape index (κ1) is 16.4. The van der Waals surface area contributed by atoms with Crippen LogP contribution in [0.3, 0.4) is 0 Å². The number of carboxylic acid groups (broad SMARTS) is 1. The minimum atomic E-state index is -1.11. The van der Waals surface area contributed by atoms with Gasteiger partial charge in [0, 0.05) is 6.21 Å². The molecule has 0 spiro atoms. The van der Waals surface area contributed by atoms with Crippen molar-refractivity contribution in [2.45, 2.75) is 26.3 Å². The Bertz CT molecular complexity index is 365. The number of aliphatic carboxylic acids is 1. The zero-order valence-corrected chi connectivity index (χ0v) is 12.6. The van der Waals surface area contributed by atoms with Gasteiger partial charge in [-0.25, -0.2) is 0 Å². The van der Waals surface area contributed by atoms with Gasteiger partial charge in [-0.3, -0.25) is 4.99 Å². The molecule has 0 saturated heterocycles. The first-order valence-electron chi connectivity index (χ1n) is 5.44. The van der Waals surface area contributed by atoms with Crippen LogP contribution < -0.4 is 34.7 Å². The van der Waals surface area contributed by atoms with Crippen molar-refractivity contribution in [2.75, 3.05) is 0 Å². The largest absolute Gasteiger partial charge is 1.00 e. The SMILES string of the molecule is CCC(C)[C@H](N=Cc1ccccc1)C(=O)[O-].[Na+]. The van der Waals surface area contributed by atoms with Crippen molar-refractivity contribution >= 4 is 12.2 Å². The van der Waals surface area contributed by atoms with Gasteiger partial charge in [0.1, 0.15) is 0 Å². The molecule has 0 radical (unpaired) electrons. The molecular weight excluding hydrogens is 225 g/mol. The number of hydrogen-bond donors (Lipinski definition) is 0. The summed E-state index contributed by atoms with van der Waals surface area (Å²) in [5, 5.41) is 10.9. The first-order chi connectivity index (χ1) is 7.65. The number of rotatable bonds is 5. The van der Waals surface area contributed by atoms with Crippen molar-refractivity contribution in [3.05, 3.63) is 35.9 Å². The number of carbonyl (C=O) groups is 1. The molecule has 0 heterocycles. The van der Waals surface area contributed by atoms with Gasteiger partial charge in [-0.15, -0.1) is 0 Å². The summed E-state index contributed by atoms with van der Waals surface area (Å²) in [5.74, 6) is -1.12. The Labute approximate surface area is 124 Å². The monoisotopic (exact) mass is 241 g/mol.